The van der Waals surface area contributed by atoms with Crippen LogP contribution in [0.25, 0.3) is 11.0 Å². The Morgan fingerprint density at radius 1 is 1.00 bits per heavy atom. The van der Waals surface area contributed by atoms with Crippen LogP contribution in [-0.2, 0) is 6.42 Å². The van der Waals surface area contributed by atoms with E-state index in [1.54, 1.807) is 0 Å². The van der Waals surface area contributed by atoms with Crippen LogP contribution in [0.4, 0.5) is 0 Å². The van der Waals surface area contributed by atoms with Crippen LogP contribution in [-0.4, -0.2) is 7.05 Å². The van der Waals surface area contributed by atoms with Crippen LogP contribution >= 0.6 is 23.2 Å². The molecule has 1 aromatic heterocycles. The van der Waals surface area contributed by atoms with Gasteiger partial charge in [-0.15, -0.1) is 0 Å². The number of fused-ring (bicyclic) bond motifs is 1. The van der Waals surface area contributed by atoms with Crippen molar-refractivity contribution in [1.82, 2.24) is 5.32 Å². The van der Waals surface area contributed by atoms with E-state index in [1.807, 2.05) is 55.6 Å². The van der Waals surface area contributed by atoms with E-state index in [0.29, 0.717) is 5.02 Å². The summed E-state index contributed by atoms with van der Waals surface area (Å²) in [5.74, 6) is 0.907. The lowest BCUT2D eigenvalue weighted by molar-refractivity contribution is 0.451. The summed E-state index contributed by atoms with van der Waals surface area (Å²) in [6, 6.07) is 15.7. The van der Waals surface area contributed by atoms with Gasteiger partial charge in [-0.05, 0) is 55.4 Å². The Balaban J connectivity index is 1.88. The Bertz CT molecular complexity index is 749. The van der Waals surface area contributed by atoms with Crippen molar-refractivity contribution in [3.63, 3.8) is 0 Å². The first kappa shape index (κ1) is 14.5. The highest BCUT2D eigenvalue weighted by Crippen LogP contribution is 2.28. The second kappa shape index (κ2) is 6.10. The molecular formula is C17H15Cl2NO. The lowest BCUT2D eigenvalue weighted by Gasteiger charge is -2.13. The molecule has 2 nitrogen and oxygen atoms in total. The van der Waals surface area contributed by atoms with Crippen LogP contribution in [0.1, 0.15) is 17.4 Å². The quantitative estimate of drug-likeness (QED) is 0.711. The molecule has 4 heteroatoms. The third-order valence-electron chi connectivity index (χ3n) is 3.54. The number of likely N-dealkylation sites (N-methyl/N-ethyl adjacent to an activating group) is 1. The average molecular weight is 320 g/mol. The maximum Gasteiger partial charge on any atom is 0.134 e. The van der Waals surface area contributed by atoms with Crippen molar-refractivity contribution in [2.24, 2.45) is 0 Å². The molecule has 0 saturated carbocycles. The number of hydrogen-bond acceptors (Lipinski definition) is 2. The van der Waals surface area contributed by atoms with E-state index < -0.39 is 0 Å². The van der Waals surface area contributed by atoms with Crippen molar-refractivity contribution < 1.29 is 4.42 Å². The summed E-state index contributed by atoms with van der Waals surface area (Å²) in [6.45, 7) is 0. The van der Waals surface area contributed by atoms with Crippen molar-refractivity contribution >= 4 is 34.2 Å². The molecule has 0 bridgehead atoms. The predicted octanol–water partition coefficient (Wildman–Crippen LogP) is 5.24. The highest BCUT2D eigenvalue weighted by atomic mass is 35.5. The van der Waals surface area contributed by atoms with Gasteiger partial charge >= 0.3 is 0 Å². The lowest BCUT2D eigenvalue weighted by Crippen LogP contribution is -2.18. The summed E-state index contributed by atoms with van der Waals surface area (Å²) in [5, 5.41) is 5.78. The van der Waals surface area contributed by atoms with E-state index in [-0.39, 0.29) is 6.04 Å². The van der Waals surface area contributed by atoms with Crippen LogP contribution in [0, 0.1) is 0 Å². The summed E-state index contributed by atoms with van der Waals surface area (Å²) >= 11 is 11.9. The minimum atomic E-state index is 0.109. The van der Waals surface area contributed by atoms with Gasteiger partial charge in [0.05, 0.1) is 6.04 Å². The molecule has 0 aliphatic heterocycles. The van der Waals surface area contributed by atoms with Crippen molar-refractivity contribution in [2.45, 2.75) is 12.5 Å². The standard InChI is InChI=1S/C17H15Cl2NO/c1-20-15(8-11-2-4-13(18)5-3-11)17-10-12-9-14(19)6-7-16(12)21-17/h2-7,9-10,15,20H,8H2,1H3. The minimum absolute atomic E-state index is 0.109. The molecular weight excluding hydrogens is 305 g/mol. The molecule has 1 N–H and O–H groups in total. The first-order valence-corrected chi connectivity index (χ1v) is 7.52. The Hall–Kier alpha value is -1.48. The van der Waals surface area contributed by atoms with Gasteiger partial charge in [-0.2, -0.15) is 0 Å². The Morgan fingerprint density at radius 2 is 1.71 bits per heavy atom. The highest BCUT2D eigenvalue weighted by Gasteiger charge is 2.15. The fourth-order valence-corrected chi connectivity index (χ4v) is 2.71. The molecule has 108 valence electrons. The molecule has 3 aromatic rings. The first-order chi connectivity index (χ1) is 10.2. The van der Waals surface area contributed by atoms with E-state index in [2.05, 4.69) is 5.32 Å². The SMILES string of the molecule is CNC(Cc1ccc(Cl)cc1)c1cc2cc(Cl)ccc2o1. The maximum absolute atomic E-state index is 6.02. The third kappa shape index (κ3) is 3.24. The summed E-state index contributed by atoms with van der Waals surface area (Å²) in [6.07, 6.45) is 0.835. The van der Waals surface area contributed by atoms with Gasteiger partial charge in [-0.3, -0.25) is 0 Å². The smallest absolute Gasteiger partial charge is 0.134 e. The van der Waals surface area contributed by atoms with Crippen LogP contribution < -0.4 is 5.32 Å². The first-order valence-electron chi connectivity index (χ1n) is 6.76. The number of benzene rings is 2. The molecule has 0 amide bonds. The van der Waals surface area contributed by atoms with Gasteiger partial charge in [-0.25, -0.2) is 0 Å². The van der Waals surface area contributed by atoms with Crippen LogP contribution in [0.3, 0.4) is 0 Å². The monoisotopic (exact) mass is 319 g/mol. The molecule has 1 heterocycles. The predicted molar refractivity (Wildman–Crippen MR) is 88.2 cm³/mol. The van der Waals surface area contributed by atoms with Crippen LogP contribution in [0.15, 0.2) is 52.9 Å². The van der Waals surface area contributed by atoms with Gasteiger partial charge in [0.2, 0.25) is 0 Å². The fraction of sp³-hybridized carbons (Fsp3) is 0.176. The van der Waals surface area contributed by atoms with E-state index in [1.165, 1.54) is 5.56 Å². The minimum Gasteiger partial charge on any atom is -0.459 e. The van der Waals surface area contributed by atoms with E-state index in [4.69, 9.17) is 27.6 Å². The van der Waals surface area contributed by atoms with Crippen molar-refractivity contribution in [2.75, 3.05) is 7.05 Å². The molecule has 0 aliphatic carbocycles. The zero-order valence-corrected chi connectivity index (χ0v) is 13.1. The van der Waals surface area contributed by atoms with Gasteiger partial charge in [0.25, 0.3) is 0 Å². The molecule has 0 radical (unpaired) electrons. The average Bonchev–Trinajstić information content (AvgIpc) is 2.89. The largest absolute Gasteiger partial charge is 0.459 e. The zero-order valence-electron chi connectivity index (χ0n) is 11.6. The Labute approximate surface area is 133 Å². The summed E-state index contributed by atoms with van der Waals surface area (Å²) in [5.41, 5.74) is 2.06. The van der Waals surface area contributed by atoms with Gasteiger partial charge in [0.15, 0.2) is 0 Å². The molecule has 21 heavy (non-hydrogen) atoms. The molecule has 1 unspecified atom stereocenters. The molecule has 0 spiro atoms. The summed E-state index contributed by atoms with van der Waals surface area (Å²) < 4.78 is 5.92. The normalized spacial score (nSPS) is 12.7. The molecule has 0 fully saturated rings. The van der Waals surface area contributed by atoms with Gasteiger partial charge in [0.1, 0.15) is 11.3 Å². The number of furan rings is 1. The zero-order chi connectivity index (χ0) is 14.8. The third-order valence-corrected chi connectivity index (χ3v) is 4.03. The highest BCUT2D eigenvalue weighted by molar-refractivity contribution is 6.31. The van der Waals surface area contributed by atoms with Crippen molar-refractivity contribution in [3.05, 3.63) is 69.9 Å². The van der Waals surface area contributed by atoms with Crippen molar-refractivity contribution in [1.29, 1.82) is 0 Å². The number of hydrogen-bond donors (Lipinski definition) is 1. The number of rotatable bonds is 4. The van der Waals surface area contributed by atoms with E-state index >= 15 is 0 Å². The summed E-state index contributed by atoms with van der Waals surface area (Å²) in [4.78, 5) is 0. The van der Waals surface area contributed by atoms with E-state index in [9.17, 15) is 0 Å². The molecule has 1 atom stereocenters. The van der Waals surface area contributed by atoms with Crippen LogP contribution in [0.2, 0.25) is 10.0 Å². The van der Waals surface area contributed by atoms with Gasteiger partial charge < -0.3 is 9.73 Å². The topological polar surface area (TPSA) is 25.2 Å². The van der Waals surface area contributed by atoms with E-state index in [0.717, 1.165) is 28.2 Å². The van der Waals surface area contributed by atoms with Gasteiger partial charge in [0, 0.05) is 15.4 Å². The Morgan fingerprint density at radius 3 is 2.43 bits per heavy atom. The molecule has 0 aliphatic rings. The van der Waals surface area contributed by atoms with Gasteiger partial charge in [-0.1, -0.05) is 35.3 Å². The molecule has 2 aromatic carbocycles. The van der Waals surface area contributed by atoms with Crippen molar-refractivity contribution in [3.8, 4) is 0 Å². The van der Waals surface area contributed by atoms with Crippen LogP contribution in [0.5, 0.6) is 0 Å². The lowest BCUT2D eigenvalue weighted by atomic mass is 10.0. The summed E-state index contributed by atoms with van der Waals surface area (Å²) in [7, 11) is 1.93. The number of halogens is 2. The second-order valence-electron chi connectivity index (χ2n) is 5.00. The fourth-order valence-electron chi connectivity index (χ4n) is 2.41. The molecule has 3 rings (SSSR count). The molecule has 0 saturated heterocycles. The second-order valence-corrected chi connectivity index (χ2v) is 5.88. The number of nitrogens with one attached hydrogen (secondary N) is 1. The maximum atomic E-state index is 6.02. The Kier molecular flexibility index (Phi) is 4.20.